The first-order valence-corrected chi connectivity index (χ1v) is 8.72. The van der Waals surface area contributed by atoms with Gasteiger partial charge < -0.3 is 14.5 Å². The molecule has 3 aromatic rings. The van der Waals surface area contributed by atoms with Crippen LogP contribution in [0.2, 0.25) is 0 Å². The Balaban J connectivity index is 1.73. The monoisotopic (exact) mass is 414 g/mol. The van der Waals surface area contributed by atoms with Crippen LogP contribution in [-0.4, -0.2) is 15.2 Å². The summed E-state index contributed by atoms with van der Waals surface area (Å²) in [6, 6.07) is 8.08. The Morgan fingerprint density at radius 2 is 1.90 bits per heavy atom. The van der Waals surface area contributed by atoms with Gasteiger partial charge in [0, 0.05) is 23.7 Å². The van der Waals surface area contributed by atoms with E-state index in [2.05, 4.69) is 27.1 Å². The van der Waals surface area contributed by atoms with Gasteiger partial charge in [-0.3, -0.25) is 4.98 Å². The lowest BCUT2D eigenvalue weighted by Crippen LogP contribution is -2.05. The highest BCUT2D eigenvalue weighted by Gasteiger charge is 2.30. The zero-order valence-electron chi connectivity index (χ0n) is 15.8. The molecule has 0 spiro atoms. The largest absolute Gasteiger partial charge is 0.462 e. The molecule has 0 unspecified atom stereocenters. The zero-order chi connectivity index (χ0) is 21.6. The Labute approximate surface area is 170 Å². The number of halogens is 3. The molecule has 0 saturated heterocycles. The Bertz CT molecular complexity index is 1070. The minimum Gasteiger partial charge on any atom is -0.462 e. The Morgan fingerprint density at radius 1 is 1.13 bits per heavy atom. The SMILES string of the molecule is C=C/C(=C\C=C(/C)Oc1ccncc1)c1nnc(Nc2cccc(C(F)(F)F)c2)o1. The van der Waals surface area contributed by atoms with E-state index >= 15 is 0 Å². The molecule has 30 heavy (non-hydrogen) atoms. The standard InChI is InChI=1S/C21H17F3N4O2/c1-3-15(8-7-14(2)29-18-9-11-25-12-10-18)19-27-28-20(30-19)26-17-6-4-5-16(13-17)21(22,23)24/h3-13H,1H2,2H3,(H,26,28)/b14-7+,15-8+. The summed E-state index contributed by atoms with van der Waals surface area (Å²) in [5, 5.41) is 10.4. The highest BCUT2D eigenvalue weighted by atomic mass is 19.4. The molecule has 2 aromatic heterocycles. The van der Waals surface area contributed by atoms with Crippen molar-refractivity contribution in [3.05, 3.63) is 90.8 Å². The van der Waals surface area contributed by atoms with E-state index in [0.29, 0.717) is 17.1 Å². The maximum atomic E-state index is 12.8. The summed E-state index contributed by atoms with van der Waals surface area (Å²) in [6.45, 7) is 5.48. The van der Waals surface area contributed by atoms with E-state index < -0.39 is 11.7 Å². The molecule has 0 aliphatic rings. The van der Waals surface area contributed by atoms with Gasteiger partial charge in [-0.25, -0.2) is 0 Å². The first-order valence-electron chi connectivity index (χ1n) is 8.72. The molecule has 0 saturated carbocycles. The lowest BCUT2D eigenvalue weighted by atomic mass is 10.2. The van der Waals surface area contributed by atoms with Crippen LogP contribution in [0.25, 0.3) is 5.57 Å². The minimum absolute atomic E-state index is 0.0502. The lowest BCUT2D eigenvalue weighted by Gasteiger charge is -2.08. The van der Waals surface area contributed by atoms with Crippen LogP contribution in [0.1, 0.15) is 18.4 Å². The summed E-state index contributed by atoms with van der Waals surface area (Å²) in [7, 11) is 0. The number of nitrogens with zero attached hydrogens (tertiary/aromatic N) is 3. The second-order valence-corrected chi connectivity index (χ2v) is 6.00. The van der Waals surface area contributed by atoms with Crippen molar-refractivity contribution in [3.8, 4) is 5.75 Å². The number of benzene rings is 1. The predicted octanol–water partition coefficient (Wildman–Crippen LogP) is 5.78. The Kier molecular flexibility index (Phi) is 6.31. The van der Waals surface area contributed by atoms with Crippen LogP contribution in [0.15, 0.2) is 83.8 Å². The third-order valence-electron chi connectivity index (χ3n) is 3.76. The molecule has 0 amide bonds. The molecule has 0 bridgehead atoms. The maximum absolute atomic E-state index is 12.8. The van der Waals surface area contributed by atoms with E-state index in [1.54, 1.807) is 43.6 Å². The van der Waals surface area contributed by atoms with Crippen LogP contribution < -0.4 is 10.1 Å². The van der Waals surface area contributed by atoms with Gasteiger partial charge in [-0.05, 0) is 49.4 Å². The molecule has 0 atom stereocenters. The summed E-state index contributed by atoms with van der Waals surface area (Å²) < 4.78 is 49.6. The van der Waals surface area contributed by atoms with Gasteiger partial charge in [0.15, 0.2) is 0 Å². The summed E-state index contributed by atoms with van der Waals surface area (Å²) >= 11 is 0. The number of aromatic nitrogens is 3. The molecule has 0 fully saturated rings. The fourth-order valence-electron chi connectivity index (χ4n) is 2.35. The van der Waals surface area contributed by atoms with Gasteiger partial charge in [0.2, 0.25) is 5.89 Å². The van der Waals surface area contributed by atoms with Gasteiger partial charge in [0.25, 0.3) is 0 Å². The molecule has 0 radical (unpaired) electrons. The van der Waals surface area contributed by atoms with Crippen LogP contribution in [0.5, 0.6) is 5.75 Å². The highest BCUT2D eigenvalue weighted by Crippen LogP contribution is 2.31. The van der Waals surface area contributed by atoms with Gasteiger partial charge in [0.1, 0.15) is 11.5 Å². The summed E-state index contributed by atoms with van der Waals surface area (Å²) in [4.78, 5) is 3.91. The topological polar surface area (TPSA) is 73.1 Å². The van der Waals surface area contributed by atoms with Gasteiger partial charge in [-0.1, -0.05) is 23.8 Å². The molecule has 154 valence electrons. The Morgan fingerprint density at radius 3 is 2.60 bits per heavy atom. The molecule has 2 heterocycles. The van der Waals surface area contributed by atoms with Crippen molar-refractivity contribution in [3.63, 3.8) is 0 Å². The Hall–Kier alpha value is -3.88. The van der Waals surface area contributed by atoms with Crippen LogP contribution in [-0.2, 0) is 6.18 Å². The van der Waals surface area contributed by atoms with Crippen LogP contribution in [0.3, 0.4) is 0 Å². The molecular weight excluding hydrogens is 397 g/mol. The van der Waals surface area contributed by atoms with Crippen molar-refractivity contribution in [1.29, 1.82) is 0 Å². The van der Waals surface area contributed by atoms with Crippen LogP contribution in [0, 0.1) is 0 Å². The normalized spacial score (nSPS) is 12.5. The van der Waals surface area contributed by atoms with Crippen LogP contribution in [0.4, 0.5) is 24.9 Å². The second kappa shape index (κ2) is 9.08. The number of hydrogen-bond donors (Lipinski definition) is 1. The fraction of sp³-hybridized carbons (Fsp3) is 0.0952. The van der Waals surface area contributed by atoms with E-state index in [1.165, 1.54) is 18.2 Å². The second-order valence-electron chi connectivity index (χ2n) is 6.00. The third-order valence-corrected chi connectivity index (χ3v) is 3.76. The summed E-state index contributed by atoms with van der Waals surface area (Å²) in [6.07, 6.45) is 3.67. The molecular formula is C21H17F3N4O2. The molecule has 3 rings (SSSR count). The third kappa shape index (κ3) is 5.57. The summed E-state index contributed by atoms with van der Waals surface area (Å²) in [5.41, 5.74) is -0.100. The molecule has 9 heteroatoms. The van der Waals surface area contributed by atoms with Crippen LogP contribution >= 0.6 is 0 Å². The van der Waals surface area contributed by atoms with E-state index in [4.69, 9.17) is 9.15 Å². The number of alkyl halides is 3. The fourth-order valence-corrected chi connectivity index (χ4v) is 2.35. The average molecular weight is 414 g/mol. The first kappa shape index (κ1) is 20.8. The minimum atomic E-state index is -4.45. The van der Waals surface area contributed by atoms with E-state index in [1.807, 2.05) is 0 Å². The molecule has 1 aromatic carbocycles. The molecule has 1 N–H and O–H groups in total. The van der Waals surface area contributed by atoms with Crippen molar-refractivity contribution in [2.24, 2.45) is 0 Å². The van der Waals surface area contributed by atoms with Crippen molar-refractivity contribution < 1.29 is 22.3 Å². The summed E-state index contributed by atoms with van der Waals surface area (Å²) in [5.74, 6) is 1.38. The van der Waals surface area contributed by atoms with Gasteiger partial charge >= 0.3 is 12.2 Å². The zero-order valence-corrected chi connectivity index (χ0v) is 15.8. The number of rotatable bonds is 7. The first-order chi connectivity index (χ1) is 14.3. The predicted molar refractivity (Wildman–Crippen MR) is 106 cm³/mol. The van der Waals surface area contributed by atoms with Crippen molar-refractivity contribution in [2.75, 3.05) is 5.32 Å². The van der Waals surface area contributed by atoms with Crippen molar-refractivity contribution in [2.45, 2.75) is 13.1 Å². The molecule has 0 aliphatic heterocycles. The van der Waals surface area contributed by atoms with Gasteiger partial charge in [0.05, 0.1) is 5.56 Å². The van der Waals surface area contributed by atoms with E-state index in [9.17, 15) is 13.2 Å². The number of allylic oxidation sites excluding steroid dienone is 5. The highest BCUT2D eigenvalue weighted by molar-refractivity contribution is 5.69. The molecule has 0 aliphatic carbocycles. The number of anilines is 2. The number of ether oxygens (including phenoxy) is 1. The lowest BCUT2D eigenvalue weighted by molar-refractivity contribution is -0.137. The average Bonchev–Trinajstić information content (AvgIpc) is 3.17. The number of nitrogens with one attached hydrogen (secondary N) is 1. The smallest absolute Gasteiger partial charge is 0.416 e. The number of hydrogen-bond acceptors (Lipinski definition) is 6. The van der Waals surface area contributed by atoms with E-state index in [-0.39, 0.29) is 17.6 Å². The van der Waals surface area contributed by atoms with Crippen molar-refractivity contribution in [1.82, 2.24) is 15.2 Å². The number of pyridine rings is 1. The van der Waals surface area contributed by atoms with Gasteiger partial charge in [-0.15, -0.1) is 5.10 Å². The van der Waals surface area contributed by atoms with E-state index in [0.717, 1.165) is 12.1 Å². The van der Waals surface area contributed by atoms with Crippen molar-refractivity contribution >= 4 is 17.3 Å². The molecule has 6 nitrogen and oxygen atoms in total. The quantitative estimate of drug-likeness (QED) is 0.390. The van der Waals surface area contributed by atoms with Gasteiger partial charge in [-0.2, -0.15) is 13.2 Å². The maximum Gasteiger partial charge on any atom is 0.416 e.